The maximum absolute atomic E-state index is 12.2. The summed E-state index contributed by atoms with van der Waals surface area (Å²) >= 11 is 6.17. The molecular weight excluding hydrogens is 466 g/mol. The van der Waals surface area contributed by atoms with Crippen molar-refractivity contribution in [3.8, 4) is 11.5 Å². The zero-order valence-electron chi connectivity index (χ0n) is 19.9. The molecule has 8 heteroatoms. The van der Waals surface area contributed by atoms with Gasteiger partial charge in [-0.2, -0.15) is 5.10 Å². The molecule has 0 heterocycles. The molecule has 0 saturated carbocycles. The average Bonchev–Trinajstić information content (AvgIpc) is 2.85. The summed E-state index contributed by atoms with van der Waals surface area (Å²) in [6.45, 7) is 4.18. The molecule has 182 valence electrons. The molecule has 2 N–H and O–H groups in total. The van der Waals surface area contributed by atoms with Gasteiger partial charge in [-0.15, -0.1) is 0 Å². The number of halogens is 1. The molecule has 7 nitrogen and oxygen atoms in total. The Labute approximate surface area is 210 Å². The number of aryl methyl sites for hydroxylation is 2. The monoisotopic (exact) mass is 493 g/mol. The van der Waals surface area contributed by atoms with E-state index in [9.17, 15) is 9.59 Å². The second kappa shape index (κ2) is 12.6. The van der Waals surface area contributed by atoms with Crippen molar-refractivity contribution < 1.29 is 19.1 Å². The first kappa shape index (κ1) is 25.8. The van der Waals surface area contributed by atoms with Crippen molar-refractivity contribution in [1.82, 2.24) is 5.43 Å². The number of anilines is 1. The van der Waals surface area contributed by atoms with Crippen LogP contribution in [0, 0.1) is 13.8 Å². The van der Waals surface area contributed by atoms with Gasteiger partial charge in [0.1, 0.15) is 6.61 Å². The Hall–Kier alpha value is -3.84. The van der Waals surface area contributed by atoms with E-state index < -0.39 is 0 Å². The summed E-state index contributed by atoms with van der Waals surface area (Å²) in [4.78, 5) is 24.3. The fourth-order valence-corrected chi connectivity index (χ4v) is 3.39. The highest BCUT2D eigenvalue weighted by molar-refractivity contribution is 6.31. The van der Waals surface area contributed by atoms with Crippen LogP contribution in [0.4, 0.5) is 5.69 Å². The number of ether oxygens (including phenoxy) is 2. The maximum atomic E-state index is 12.2. The zero-order chi connectivity index (χ0) is 25.2. The van der Waals surface area contributed by atoms with Crippen molar-refractivity contribution in [2.75, 3.05) is 12.4 Å². The fourth-order valence-electron chi connectivity index (χ4n) is 3.20. The minimum absolute atomic E-state index is 0.0200. The van der Waals surface area contributed by atoms with E-state index in [-0.39, 0.29) is 24.7 Å². The smallest absolute Gasteiger partial charge is 0.240 e. The van der Waals surface area contributed by atoms with Crippen LogP contribution in [0.5, 0.6) is 11.5 Å². The molecule has 0 spiro atoms. The number of nitrogens with one attached hydrogen (secondary N) is 2. The van der Waals surface area contributed by atoms with Gasteiger partial charge in [-0.05, 0) is 60.9 Å². The van der Waals surface area contributed by atoms with Crippen LogP contribution in [0.3, 0.4) is 0 Å². The van der Waals surface area contributed by atoms with Gasteiger partial charge < -0.3 is 14.8 Å². The van der Waals surface area contributed by atoms with Gasteiger partial charge in [-0.3, -0.25) is 9.59 Å². The Bertz CT molecular complexity index is 1230. The molecule has 0 bridgehead atoms. The Morgan fingerprint density at radius 3 is 2.51 bits per heavy atom. The maximum Gasteiger partial charge on any atom is 0.240 e. The molecule has 0 aliphatic heterocycles. The van der Waals surface area contributed by atoms with E-state index in [1.807, 2.05) is 56.3 Å². The van der Waals surface area contributed by atoms with E-state index in [4.69, 9.17) is 21.1 Å². The third kappa shape index (κ3) is 7.86. The van der Waals surface area contributed by atoms with Crippen molar-refractivity contribution in [2.24, 2.45) is 5.10 Å². The zero-order valence-corrected chi connectivity index (χ0v) is 20.7. The third-order valence-electron chi connectivity index (χ3n) is 5.18. The number of nitrogens with zero attached hydrogens (tertiary/aromatic N) is 1. The van der Waals surface area contributed by atoms with Crippen molar-refractivity contribution in [3.05, 3.63) is 87.9 Å². The normalized spacial score (nSPS) is 10.7. The predicted octanol–water partition coefficient (Wildman–Crippen LogP) is 5.41. The summed E-state index contributed by atoms with van der Waals surface area (Å²) in [6, 6.07) is 18.6. The van der Waals surface area contributed by atoms with Crippen LogP contribution in [-0.2, 0) is 16.2 Å². The lowest BCUT2D eigenvalue weighted by Crippen LogP contribution is -2.21. The van der Waals surface area contributed by atoms with Crippen LogP contribution >= 0.6 is 11.6 Å². The number of carbonyl (C=O) groups excluding carboxylic acids is 2. The number of hydrogen-bond acceptors (Lipinski definition) is 5. The van der Waals surface area contributed by atoms with Gasteiger partial charge in [0.15, 0.2) is 11.5 Å². The first-order valence-corrected chi connectivity index (χ1v) is 11.5. The highest BCUT2D eigenvalue weighted by Gasteiger charge is 2.09. The lowest BCUT2D eigenvalue weighted by molar-refractivity contribution is -0.124. The summed E-state index contributed by atoms with van der Waals surface area (Å²) in [7, 11) is 1.55. The number of carbonyl (C=O) groups is 2. The minimum atomic E-state index is -0.357. The third-order valence-corrected chi connectivity index (χ3v) is 5.55. The molecule has 0 fully saturated rings. The number of hydrazone groups is 1. The summed E-state index contributed by atoms with van der Waals surface area (Å²) < 4.78 is 11.3. The Morgan fingerprint density at radius 2 is 1.74 bits per heavy atom. The van der Waals surface area contributed by atoms with Crippen molar-refractivity contribution in [3.63, 3.8) is 0 Å². The molecular formula is C27H28ClN3O4. The second-order valence-corrected chi connectivity index (χ2v) is 8.36. The molecule has 0 saturated heterocycles. The molecule has 0 aliphatic rings. The van der Waals surface area contributed by atoms with Gasteiger partial charge in [0.25, 0.3) is 0 Å². The average molecular weight is 494 g/mol. The number of methoxy groups -OCH3 is 1. The van der Waals surface area contributed by atoms with E-state index in [0.29, 0.717) is 28.7 Å². The molecule has 3 aromatic rings. The van der Waals surface area contributed by atoms with Gasteiger partial charge in [-0.25, -0.2) is 5.43 Å². The van der Waals surface area contributed by atoms with Gasteiger partial charge in [-0.1, -0.05) is 41.9 Å². The molecule has 0 aliphatic carbocycles. The first-order chi connectivity index (χ1) is 16.9. The summed E-state index contributed by atoms with van der Waals surface area (Å²) in [5, 5.41) is 7.44. The number of rotatable bonds is 10. The van der Waals surface area contributed by atoms with Crippen LogP contribution < -0.4 is 20.2 Å². The lowest BCUT2D eigenvalue weighted by atomic mass is 10.1. The quantitative estimate of drug-likeness (QED) is 0.292. The number of amides is 2. The highest BCUT2D eigenvalue weighted by atomic mass is 35.5. The van der Waals surface area contributed by atoms with E-state index in [2.05, 4.69) is 15.8 Å². The van der Waals surface area contributed by atoms with E-state index in [1.54, 1.807) is 25.3 Å². The van der Waals surface area contributed by atoms with Gasteiger partial charge in [0.05, 0.1) is 13.3 Å². The van der Waals surface area contributed by atoms with E-state index in [0.717, 1.165) is 22.4 Å². The first-order valence-electron chi connectivity index (χ1n) is 11.1. The molecule has 0 radical (unpaired) electrons. The second-order valence-electron chi connectivity index (χ2n) is 7.95. The highest BCUT2D eigenvalue weighted by Crippen LogP contribution is 2.29. The standard InChI is InChI=1S/C27H28ClN3O4/c1-18-8-9-19(2)23(14-18)30-26(32)12-13-27(33)31-29-16-20-10-11-24(25(15-20)34-3)35-17-21-6-4-5-7-22(21)28/h4-11,14-16H,12-13,17H2,1-3H3,(H,30,32)(H,31,33). The molecule has 0 aromatic heterocycles. The van der Waals surface area contributed by atoms with Crippen LogP contribution in [-0.4, -0.2) is 25.1 Å². The van der Waals surface area contributed by atoms with Gasteiger partial charge in [0, 0.05) is 29.1 Å². The lowest BCUT2D eigenvalue weighted by Gasteiger charge is -2.12. The van der Waals surface area contributed by atoms with Crippen LogP contribution in [0.25, 0.3) is 0 Å². The molecule has 3 aromatic carbocycles. The van der Waals surface area contributed by atoms with Crippen molar-refractivity contribution in [1.29, 1.82) is 0 Å². The minimum Gasteiger partial charge on any atom is -0.493 e. The Balaban J connectivity index is 1.48. The summed E-state index contributed by atoms with van der Waals surface area (Å²) in [5.41, 5.74) is 6.78. The van der Waals surface area contributed by atoms with Crippen LogP contribution in [0.1, 0.15) is 35.1 Å². The molecule has 35 heavy (non-hydrogen) atoms. The largest absolute Gasteiger partial charge is 0.493 e. The number of benzene rings is 3. The Morgan fingerprint density at radius 1 is 0.971 bits per heavy atom. The fraction of sp³-hybridized carbons (Fsp3) is 0.222. The molecule has 3 rings (SSSR count). The SMILES string of the molecule is COc1cc(C=NNC(=O)CCC(=O)Nc2cc(C)ccc2C)ccc1OCc1ccccc1Cl. The molecule has 0 unspecified atom stereocenters. The topological polar surface area (TPSA) is 89.0 Å². The number of hydrogen-bond donors (Lipinski definition) is 2. The molecule has 0 atom stereocenters. The van der Waals surface area contributed by atoms with Crippen LogP contribution in [0.2, 0.25) is 5.02 Å². The summed E-state index contributed by atoms with van der Waals surface area (Å²) in [5.74, 6) is 0.498. The van der Waals surface area contributed by atoms with E-state index >= 15 is 0 Å². The molecule has 2 amide bonds. The van der Waals surface area contributed by atoms with Gasteiger partial charge >= 0.3 is 0 Å². The van der Waals surface area contributed by atoms with E-state index in [1.165, 1.54) is 6.21 Å². The summed E-state index contributed by atoms with van der Waals surface area (Å²) in [6.07, 6.45) is 1.57. The predicted molar refractivity (Wildman–Crippen MR) is 138 cm³/mol. The van der Waals surface area contributed by atoms with Crippen molar-refractivity contribution in [2.45, 2.75) is 33.3 Å². The van der Waals surface area contributed by atoms with Crippen molar-refractivity contribution >= 4 is 35.3 Å². The van der Waals surface area contributed by atoms with Gasteiger partial charge in [0.2, 0.25) is 11.8 Å². The Kier molecular flexibility index (Phi) is 9.26. The van der Waals surface area contributed by atoms with Crippen LogP contribution in [0.15, 0.2) is 65.8 Å².